The zero-order valence-electron chi connectivity index (χ0n) is 8.95. The summed E-state index contributed by atoms with van der Waals surface area (Å²) in [6.07, 6.45) is 0.734. The van der Waals surface area contributed by atoms with E-state index in [1.54, 1.807) is 7.11 Å². The topological polar surface area (TPSA) is 47.6 Å². The van der Waals surface area contributed by atoms with Crippen molar-refractivity contribution in [2.45, 2.75) is 13.3 Å². The van der Waals surface area contributed by atoms with Crippen LogP contribution < -0.4 is 10.2 Å². The lowest BCUT2D eigenvalue weighted by atomic mass is 10.1. The van der Waals surface area contributed by atoms with Gasteiger partial charge in [0.25, 0.3) is 0 Å². The third kappa shape index (κ3) is 4.46. The van der Waals surface area contributed by atoms with Crippen molar-refractivity contribution in [1.29, 1.82) is 0 Å². The molecule has 4 nitrogen and oxygen atoms in total. The van der Waals surface area contributed by atoms with Gasteiger partial charge in [-0.3, -0.25) is 9.63 Å². The third-order valence-corrected chi connectivity index (χ3v) is 1.84. The summed E-state index contributed by atoms with van der Waals surface area (Å²) in [6, 6.07) is 7.74. The van der Waals surface area contributed by atoms with E-state index in [2.05, 4.69) is 5.48 Å². The number of hydroxylamine groups is 1. The molecule has 1 rings (SSSR count). The van der Waals surface area contributed by atoms with Gasteiger partial charge in [0.15, 0.2) is 0 Å². The van der Waals surface area contributed by atoms with Gasteiger partial charge in [-0.25, -0.2) is 5.48 Å². The molecule has 4 heteroatoms. The van der Waals surface area contributed by atoms with Gasteiger partial charge in [-0.2, -0.15) is 0 Å². The molecule has 0 aliphatic carbocycles. The summed E-state index contributed by atoms with van der Waals surface area (Å²) in [7, 11) is 1.63. The van der Waals surface area contributed by atoms with Gasteiger partial charge in [-0.1, -0.05) is 12.1 Å². The fraction of sp³-hybridized carbons (Fsp3) is 0.364. The Morgan fingerprint density at radius 2 is 2.27 bits per heavy atom. The number of methoxy groups -OCH3 is 1. The zero-order valence-corrected chi connectivity index (χ0v) is 8.95. The van der Waals surface area contributed by atoms with Gasteiger partial charge in [0.1, 0.15) is 5.75 Å². The second kappa shape index (κ2) is 6.03. The van der Waals surface area contributed by atoms with Gasteiger partial charge in [0.05, 0.1) is 13.7 Å². The van der Waals surface area contributed by atoms with E-state index < -0.39 is 0 Å². The number of hydrogen-bond acceptors (Lipinski definition) is 3. The summed E-state index contributed by atoms with van der Waals surface area (Å²) >= 11 is 0. The van der Waals surface area contributed by atoms with Crippen molar-refractivity contribution in [3.63, 3.8) is 0 Å². The number of amides is 1. The quantitative estimate of drug-likeness (QED) is 0.587. The van der Waals surface area contributed by atoms with Crippen LogP contribution in [0.5, 0.6) is 5.75 Å². The monoisotopic (exact) mass is 209 g/mol. The molecule has 0 aliphatic heterocycles. The Hall–Kier alpha value is -1.55. The highest BCUT2D eigenvalue weighted by atomic mass is 16.6. The lowest BCUT2D eigenvalue weighted by Crippen LogP contribution is -2.21. The number of benzene rings is 1. The van der Waals surface area contributed by atoms with Crippen molar-refractivity contribution in [2.24, 2.45) is 0 Å². The number of hydrogen-bond donors (Lipinski definition) is 1. The fourth-order valence-corrected chi connectivity index (χ4v) is 1.15. The van der Waals surface area contributed by atoms with Gasteiger partial charge in [0.2, 0.25) is 5.91 Å². The Labute approximate surface area is 89.1 Å². The summed E-state index contributed by atoms with van der Waals surface area (Å²) in [4.78, 5) is 15.4. The van der Waals surface area contributed by atoms with E-state index in [9.17, 15) is 4.79 Å². The van der Waals surface area contributed by atoms with Crippen LogP contribution in [0, 0.1) is 0 Å². The maximum Gasteiger partial charge on any atom is 0.240 e. The molecule has 0 heterocycles. The minimum Gasteiger partial charge on any atom is -0.497 e. The van der Waals surface area contributed by atoms with Crippen molar-refractivity contribution < 1.29 is 14.4 Å². The van der Waals surface area contributed by atoms with E-state index in [0.717, 1.165) is 17.7 Å². The maximum absolute atomic E-state index is 10.5. The minimum absolute atomic E-state index is 0.194. The molecule has 1 amide bonds. The normalized spacial score (nSPS) is 9.73. The molecule has 0 saturated carbocycles. The molecule has 0 aliphatic rings. The predicted molar refractivity (Wildman–Crippen MR) is 56.5 cm³/mol. The van der Waals surface area contributed by atoms with E-state index in [0.29, 0.717) is 6.61 Å². The predicted octanol–water partition coefficient (Wildman–Crippen LogP) is 1.31. The number of ether oxygens (including phenoxy) is 1. The first-order valence-corrected chi connectivity index (χ1v) is 4.73. The molecular weight excluding hydrogens is 194 g/mol. The van der Waals surface area contributed by atoms with E-state index in [1.165, 1.54) is 6.92 Å². The fourth-order valence-electron chi connectivity index (χ4n) is 1.15. The molecule has 0 fully saturated rings. The smallest absolute Gasteiger partial charge is 0.240 e. The Bertz CT molecular complexity index is 325. The van der Waals surface area contributed by atoms with Crippen molar-refractivity contribution in [1.82, 2.24) is 5.48 Å². The van der Waals surface area contributed by atoms with E-state index in [1.807, 2.05) is 24.3 Å². The molecule has 82 valence electrons. The van der Waals surface area contributed by atoms with Crippen LogP contribution in [0.15, 0.2) is 24.3 Å². The van der Waals surface area contributed by atoms with Crippen LogP contribution in [0.1, 0.15) is 12.5 Å². The van der Waals surface area contributed by atoms with Crippen LogP contribution in [-0.2, 0) is 16.1 Å². The number of carbonyl (C=O) groups excluding carboxylic acids is 1. The molecule has 0 unspecified atom stereocenters. The second-order valence-electron chi connectivity index (χ2n) is 3.11. The summed E-state index contributed by atoms with van der Waals surface area (Å²) in [6.45, 7) is 1.86. The van der Waals surface area contributed by atoms with Gasteiger partial charge < -0.3 is 4.74 Å². The molecule has 0 atom stereocenters. The van der Waals surface area contributed by atoms with Crippen LogP contribution in [-0.4, -0.2) is 19.6 Å². The highest BCUT2D eigenvalue weighted by molar-refractivity contribution is 5.71. The highest BCUT2D eigenvalue weighted by Gasteiger charge is 1.96. The SMILES string of the molecule is COc1cccc(CCONC(C)=O)c1. The zero-order chi connectivity index (χ0) is 11.1. The van der Waals surface area contributed by atoms with Crippen molar-refractivity contribution in [3.8, 4) is 5.75 Å². The first-order valence-electron chi connectivity index (χ1n) is 4.73. The lowest BCUT2D eigenvalue weighted by molar-refractivity contribution is -0.131. The van der Waals surface area contributed by atoms with Crippen LogP contribution >= 0.6 is 0 Å². The van der Waals surface area contributed by atoms with Crippen LogP contribution in [0.4, 0.5) is 0 Å². The molecule has 0 aromatic heterocycles. The summed E-state index contributed by atoms with van der Waals surface area (Å²) in [5.74, 6) is 0.632. The van der Waals surface area contributed by atoms with Crippen molar-refractivity contribution >= 4 is 5.91 Å². The van der Waals surface area contributed by atoms with Gasteiger partial charge in [-0.15, -0.1) is 0 Å². The van der Waals surface area contributed by atoms with E-state index >= 15 is 0 Å². The van der Waals surface area contributed by atoms with Crippen LogP contribution in [0.3, 0.4) is 0 Å². The molecule has 0 bridgehead atoms. The van der Waals surface area contributed by atoms with Crippen molar-refractivity contribution in [3.05, 3.63) is 29.8 Å². The lowest BCUT2D eigenvalue weighted by Gasteiger charge is -2.05. The molecule has 15 heavy (non-hydrogen) atoms. The average Bonchev–Trinajstić information content (AvgIpc) is 2.24. The van der Waals surface area contributed by atoms with Crippen molar-refractivity contribution in [2.75, 3.05) is 13.7 Å². The van der Waals surface area contributed by atoms with Gasteiger partial charge in [0, 0.05) is 6.92 Å². The number of rotatable bonds is 5. The molecule has 1 aromatic rings. The summed E-state index contributed by atoms with van der Waals surface area (Å²) in [5.41, 5.74) is 3.39. The van der Waals surface area contributed by atoms with Gasteiger partial charge in [-0.05, 0) is 24.1 Å². The first-order chi connectivity index (χ1) is 7.22. The Balaban J connectivity index is 2.33. The molecule has 0 spiro atoms. The summed E-state index contributed by atoms with van der Waals surface area (Å²) < 4.78 is 5.09. The molecule has 0 radical (unpaired) electrons. The third-order valence-electron chi connectivity index (χ3n) is 1.84. The van der Waals surface area contributed by atoms with E-state index in [4.69, 9.17) is 9.57 Å². The molecule has 1 aromatic carbocycles. The number of nitrogens with one attached hydrogen (secondary N) is 1. The first kappa shape index (κ1) is 11.5. The largest absolute Gasteiger partial charge is 0.497 e. The molecule has 1 N–H and O–H groups in total. The summed E-state index contributed by atoms with van der Waals surface area (Å²) in [5, 5.41) is 0. The van der Waals surface area contributed by atoms with Crippen LogP contribution in [0.25, 0.3) is 0 Å². The van der Waals surface area contributed by atoms with Gasteiger partial charge >= 0.3 is 0 Å². The Morgan fingerprint density at radius 3 is 2.93 bits per heavy atom. The molecular formula is C11H15NO3. The Kier molecular flexibility index (Phi) is 4.63. The average molecular weight is 209 g/mol. The highest BCUT2D eigenvalue weighted by Crippen LogP contribution is 2.12. The Morgan fingerprint density at radius 1 is 1.47 bits per heavy atom. The van der Waals surface area contributed by atoms with Crippen LogP contribution in [0.2, 0.25) is 0 Å². The standard InChI is InChI=1S/C11H15NO3/c1-9(13)12-15-7-6-10-4-3-5-11(8-10)14-2/h3-5,8H,6-7H2,1-2H3,(H,12,13). The number of carbonyl (C=O) groups is 1. The minimum atomic E-state index is -0.194. The maximum atomic E-state index is 10.5. The molecule has 0 saturated heterocycles. The second-order valence-corrected chi connectivity index (χ2v) is 3.11. The van der Waals surface area contributed by atoms with E-state index in [-0.39, 0.29) is 5.91 Å².